The molecular weight excluding hydrogens is 410 g/mol. The summed E-state index contributed by atoms with van der Waals surface area (Å²) in [4.78, 5) is 22.8. The first kappa shape index (κ1) is 21.2. The molecule has 2 rings (SSSR count). The zero-order valence-corrected chi connectivity index (χ0v) is 18.1. The maximum Gasteiger partial charge on any atom is 0.317 e. The first-order valence-electron chi connectivity index (χ1n) is 9.11. The molecule has 148 valence electrons. The molecule has 1 unspecified atom stereocenters. The molecular formula is C19H28BrN5O2. The number of likely N-dealkylation sites (tertiary alicyclic amines) is 1. The number of aromatic nitrogens is 1. The van der Waals surface area contributed by atoms with Gasteiger partial charge in [0.15, 0.2) is 11.6 Å². The molecule has 27 heavy (non-hydrogen) atoms. The number of carbonyl (C=O) groups excluding carboxylic acids is 1. The van der Waals surface area contributed by atoms with Gasteiger partial charge in [-0.05, 0) is 56.6 Å². The van der Waals surface area contributed by atoms with Crippen molar-refractivity contribution in [3.05, 3.63) is 28.5 Å². The Morgan fingerprint density at radius 2 is 2.22 bits per heavy atom. The van der Waals surface area contributed by atoms with E-state index in [4.69, 9.17) is 4.74 Å². The van der Waals surface area contributed by atoms with Gasteiger partial charge >= 0.3 is 6.03 Å². The lowest BCUT2D eigenvalue weighted by atomic mass is 10.3. The summed E-state index contributed by atoms with van der Waals surface area (Å²) in [5, 5.41) is 6.11. The molecule has 1 aromatic rings. The van der Waals surface area contributed by atoms with Crippen molar-refractivity contribution in [3.63, 3.8) is 0 Å². The largest absolute Gasteiger partial charge is 0.484 e. The van der Waals surface area contributed by atoms with Crippen molar-refractivity contribution in [2.45, 2.75) is 53.2 Å². The Bertz CT molecular complexity index is 733. The summed E-state index contributed by atoms with van der Waals surface area (Å²) in [6.07, 6.45) is 4.36. The summed E-state index contributed by atoms with van der Waals surface area (Å²) in [6.45, 7) is 10.9. The third-order valence-corrected chi connectivity index (χ3v) is 4.46. The number of nitrogens with zero attached hydrogens (tertiary/aromatic N) is 3. The Kier molecular flexibility index (Phi) is 7.65. The molecule has 0 spiro atoms. The fourth-order valence-electron chi connectivity index (χ4n) is 2.66. The van der Waals surface area contributed by atoms with Crippen LogP contribution in [-0.4, -0.2) is 47.0 Å². The predicted octanol–water partition coefficient (Wildman–Crippen LogP) is 3.98. The van der Waals surface area contributed by atoms with Crippen LogP contribution in [0.2, 0.25) is 0 Å². The number of halogens is 1. The number of urea groups is 1. The second-order valence-corrected chi connectivity index (χ2v) is 7.76. The third kappa shape index (κ3) is 6.53. The fraction of sp³-hybridized carbons (Fsp3) is 0.526. The molecule has 2 heterocycles. The van der Waals surface area contributed by atoms with E-state index in [1.54, 1.807) is 11.1 Å². The van der Waals surface area contributed by atoms with E-state index in [0.29, 0.717) is 24.7 Å². The molecule has 0 aromatic carbocycles. The number of rotatable bonds is 5. The van der Waals surface area contributed by atoms with Gasteiger partial charge in [0.25, 0.3) is 0 Å². The van der Waals surface area contributed by atoms with Crippen molar-refractivity contribution < 1.29 is 9.53 Å². The Balaban J connectivity index is 2.09. The van der Waals surface area contributed by atoms with Gasteiger partial charge in [-0.25, -0.2) is 14.8 Å². The summed E-state index contributed by atoms with van der Waals surface area (Å²) in [5.74, 6) is 1.84. The first-order chi connectivity index (χ1) is 12.8. The van der Waals surface area contributed by atoms with Crippen LogP contribution >= 0.6 is 15.9 Å². The average Bonchev–Trinajstić information content (AvgIpc) is 3.05. The van der Waals surface area contributed by atoms with Crippen molar-refractivity contribution >= 4 is 33.6 Å². The van der Waals surface area contributed by atoms with E-state index < -0.39 is 0 Å². The standard InChI is InChI=1S/C19H28BrN5O2/c1-6-13(4)23-14(5)24-18-17(9-15(20)10-21-18)27-16-7-8-25(11-16)19(26)22-12(2)3/h6,9-10,12,16H,7-8,11H2,1-5H3,(H,22,26)(H,21,23,24)/b13-6-. The Morgan fingerprint density at radius 1 is 1.48 bits per heavy atom. The highest BCUT2D eigenvalue weighted by Gasteiger charge is 2.28. The second kappa shape index (κ2) is 9.73. The van der Waals surface area contributed by atoms with Crippen LogP contribution in [0, 0.1) is 0 Å². The maximum absolute atomic E-state index is 12.2. The highest BCUT2D eigenvalue weighted by atomic mass is 79.9. The van der Waals surface area contributed by atoms with Crippen LogP contribution in [0.15, 0.2) is 33.5 Å². The monoisotopic (exact) mass is 437 g/mol. The van der Waals surface area contributed by atoms with E-state index in [1.165, 1.54) is 0 Å². The van der Waals surface area contributed by atoms with Crippen molar-refractivity contribution in [1.82, 2.24) is 20.5 Å². The van der Waals surface area contributed by atoms with Gasteiger partial charge < -0.3 is 20.3 Å². The third-order valence-electron chi connectivity index (χ3n) is 4.02. The smallest absolute Gasteiger partial charge is 0.317 e. The van der Waals surface area contributed by atoms with Gasteiger partial charge in [-0.3, -0.25) is 0 Å². The number of pyridine rings is 1. The van der Waals surface area contributed by atoms with Crippen LogP contribution in [0.1, 0.15) is 41.0 Å². The van der Waals surface area contributed by atoms with E-state index in [-0.39, 0.29) is 18.2 Å². The molecule has 1 aromatic heterocycles. The number of allylic oxidation sites excluding steroid dienone is 2. The molecule has 0 saturated carbocycles. The Labute approximate surface area is 169 Å². The minimum Gasteiger partial charge on any atom is -0.484 e. The Morgan fingerprint density at radius 3 is 2.89 bits per heavy atom. The van der Waals surface area contributed by atoms with Gasteiger partial charge in [-0.1, -0.05) is 6.08 Å². The van der Waals surface area contributed by atoms with Gasteiger partial charge in [0.05, 0.1) is 6.54 Å². The van der Waals surface area contributed by atoms with E-state index in [1.807, 2.05) is 46.8 Å². The van der Waals surface area contributed by atoms with Crippen LogP contribution in [0.4, 0.5) is 10.6 Å². The van der Waals surface area contributed by atoms with Gasteiger partial charge in [-0.15, -0.1) is 0 Å². The lowest BCUT2D eigenvalue weighted by molar-refractivity contribution is 0.185. The van der Waals surface area contributed by atoms with E-state index >= 15 is 0 Å². The zero-order valence-electron chi connectivity index (χ0n) is 16.5. The van der Waals surface area contributed by atoms with Gasteiger partial charge in [0, 0.05) is 35.4 Å². The summed E-state index contributed by atoms with van der Waals surface area (Å²) in [5.41, 5.74) is 1.01. The molecule has 0 bridgehead atoms. The second-order valence-electron chi connectivity index (χ2n) is 6.85. The van der Waals surface area contributed by atoms with Crippen LogP contribution in [0.3, 0.4) is 0 Å². The fourth-order valence-corrected chi connectivity index (χ4v) is 2.97. The minimum atomic E-state index is -0.0847. The highest BCUT2D eigenvalue weighted by Crippen LogP contribution is 2.30. The summed E-state index contributed by atoms with van der Waals surface area (Å²) >= 11 is 3.44. The van der Waals surface area contributed by atoms with Crippen LogP contribution in [0.5, 0.6) is 5.75 Å². The number of aliphatic imine (C=N–C) groups is 1. The van der Waals surface area contributed by atoms with Gasteiger partial charge in [-0.2, -0.15) is 0 Å². The molecule has 0 aliphatic carbocycles. The van der Waals surface area contributed by atoms with E-state index in [0.717, 1.165) is 22.4 Å². The van der Waals surface area contributed by atoms with Crippen LogP contribution < -0.4 is 15.4 Å². The molecule has 1 atom stereocenters. The number of amides is 2. The van der Waals surface area contributed by atoms with Gasteiger partial charge in [0.2, 0.25) is 0 Å². The number of ether oxygens (including phenoxy) is 1. The number of hydrogen-bond acceptors (Lipinski definition) is 4. The van der Waals surface area contributed by atoms with Crippen molar-refractivity contribution in [2.24, 2.45) is 4.99 Å². The molecule has 1 fully saturated rings. The number of amidine groups is 1. The highest BCUT2D eigenvalue weighted by molar-refractivity contribution is 9.10. The quantitative estimate of drug-likeness (QED) is 0.539. The van der Waals surface area contributed by atoms with Crippen LogP contribution in [0.25, 0.3) is 0 Å². The Hall–Kier alpha value is -2.09. The minimum absolute atomic E-state index is 0.0522. The van der Waals surface area contributed by atoms with Crippen molar-refractivity contribution in [3.8, 4) is 5.75 Å². The average molecular weight is 438 g/mol. The maximum atomic E-state index is 12.2. The molecule has 2 N–H and O–H groups in total. The van der Waals surface area contributed by atoms with Crippen molar-refractivity contribution in [2.75, 3.05) is 13.1 Å². The van der Waals surface area contributed by atoms with Crippen LogP contribution in [-0.2, 0) is 0 Å². The normalized spacial score (nSPS) is 18.0. The van der Waals surface area contributed by atoms with Crippen molar-refractivity contribution in [1.29, 1.82) is 0 Å². The summed E-state index contributed by atoms with van der Waals surface area (Å²) < 4.78 is 6.96. The molecule has 0 radical (unpaired) electrons. The predicted molar refractivity (Wildman–Crippen MR) is 112 cm³/mol. The topological polar surface area (TPSA) is 78.9 Å². The SMILES string of the molecule is C/C=C(/C)N/C(C)=N/c1ncc(Br)cc1OC1CCN(C(=O)NC(C)C)C1. The molecule has 1 aliphatic heterocycles. The lowest BCUT2D eigenvalue weighted by Gasteiger charge is -2.19. The molecule has 7 nitrogen and oxygen atoms in total. The van der Waals surface area contributed by atoms with E-state index in [9.17, 15) is 4.79 Å². The first-order valence-corrected chi connectivity index (χ1v) is 9.90. The number of nitrogens with one attached hydrogen (secondary N) is 2. The zero-order chi connectivity index (χ0) is 20.0. The summed E-state index contributed by atoms with van der Waals surface area (Å²) in [6, 6.07) is 1.92. The summed E-state index contributed by atoms with van der Waals surface area (Å²) in [7, 11) is 0. The molecule has 1 saturated heterocycles. The molecule has 1 aliphatic rings. The molecule has 8 heteroatoms. The lowest BCUT2D eigenvalue weighted by Crippen LogP contribution is -2.42. The number of hydrogen-bond donors (Lipinski definition) is 2. The van der Waals surface area contributed by atoms with Gasteiger partial charge in [0.1, 0.15) is 11.9 Å². The molecule has 2 amide bonds. The number of carbonyl (C=O) groups is 1. The van der Waals surface area contributed by atoms with E-state index in [2.05, 4.69) is 36.5 Å².